The van der Waals surface area contributed by atoms with E-state index in [0.717, 1.165) is 44.0 Å². The van der Waals surface area contributed by atoms with Crippen LogP contribution in [0.2, 0.25) is 0 Å². The van der Waals surface area contributed by atoms with Gasteiger partial charge < -0.3 is 10.5 Å². The lowest BCUT2D eigenvalue weighted by molar-refractivity contribution is 0.205. The Hall–Kier alpha value is -1.84. The highest BCUT2D eigenvalue weighted by atomic mass is 16.5. The van der Waals surface area contributed by atoms with Crippen LogP contribution in [-0.2, 0) is 6.54 Å². The van der Waals surface area contributed by atoms with Crippen molar-refractivity contribution in [3.63, 3.8) is 0 Å². The van der Waals surface area contributed by atoms with E-state index in [9.17, 15) is 0 Å². The van der Waals surface area contributed by atoms with Gasteiger partial charge in [0, 0.05) is 12.6 Å². The van der Waals surface area contributed by atoms with Crippen LogP contribution in [0.5, 0.6) is 11.5 Å². The lowest BCUT2D eigenvalue weighted by atomic mass is 10.0. The molecule has 2 N–H and O–H groups in total. The monoisotopic (exact) mass is 324 g/mol. The molecule has 1 aliphatic rings. The minimum absolute atomic E-state index is 0.387. The van der Waals surface area contributed by atoms with E-state index in [0.29, 0.717) is 12.0 Å². The van der Waals surface area contributed by atoms with Gasteiger partial charge in [-0.05, 0) is 61.2 Å². The predicted octanol–water partition coefficient (Wildman–Crippen LogP) is 4.53. The van der Waals surface area contributed by atoms with Crippen LogP contribution in [0.15, 0.2) is 48.5 Å². The van der Waals surface area contributed by atoms with Crippen LogP contribution in [0.1, 0.15) is 43.7 Å². The number of piperidine rings is 1. The van der Waals surface area contributed by atoms with Crippen LogP contribution in [0.25, 0.3) is 0 Å². The van der Waals surface area contributed by atoms with Crippen molar-refractivity contribution in [1.82, 2.24) is 4.90 Å². The van der Waals surface area contributed by atoms with Crippen LogP contribution in [-0.4, -0.2) is 24.0 Å². The van der Waals surface area contributed by atoms with E-state index in [1.807, 2.05) is 12.1 Å². The summed E-state index contributed by atoms with van der Waals surface area (Å²) in [5.74, 6) is 2.30. The highest BCUT2D eigenvalue weighted by Gasteiger charge is 2.16. The van der Waals surface area contributed by atoms with Gasteiger partial charge in [0.15, 0.2) is 0 Å². The first-order valence-corrected chi connectivity index (χ1v) is 8.95. The Kier molecular flexibility index (Phi) is 5.54. The van der Waals surface area contributed by atoms with Gasteiger partial charge in [-0.2, -0.15) is 0 Å². The average molecular weight is 324 g/mol. The molecular weight excluding hydrogens is 296 g/mol. The quantitative estimate of drug-likeness (QED) is 0.878. The summed E-state index contributed by atoms with van der Waals surface area (Å²) in [5.41, 5.74) is 8.54. The minimum Gasteiger partial charge on any atom is -0.457 e. The summed E-state index contributed by atoms with van der Waals surface area (Å²) in [6.07, 6.45) is 2.21. The topological polar surface area (TPSA) is 38.5 Å². The van der Waals surface area contributed by atoms with E-state index in [1.165, 1.54) is 11.1 Å². The van der Waals surface area contributed by atoms with Crippen molar-refractivity contribution < 1.29 is 4.74 Å². The number of hydrogen-bond donors (Lipinski definition) is 1. The third-order valence-corrected chi connectivity index (χ3v) is 4.73. The molecule has 24 heavy (non-hydrogen) atoms. The van der Waals surface area contributed by atoms with Gasteiger partial charge in [-0.15, -0.1) is 0 Å². The van der Waals surface area contributed by atoms with Crippen LogP contribution >= 0.6 is 0 Å². The van der Waals surface area contributed by atoms with Crippen molar-refractivity contribution in [1.29, 1.82) is 0 Å². The Labute approximate surface area is 145 Å². The fourth-order valence-electron chi connectivity index (χ4n) is 3.21. The molecule has 0 atom stereocenters. The molecule has 0 amide bonds. The second-order valence-electron chi connectivity index (χ2n) is 7.05. The smallest absolute Gasteiger partial charge is 0.130 e. The largest absolute Gasteiger partial charge is 0.457 e. The Morgan fingerprint density at radius 2 is 1.71 bits per heavy atom. The SMILES string of the molecule is CC(C)c1ccccc1Oc1ccc(CN2CCC(N)CC2)cc1. The predicted molar refractivity (Wildman–Crippen MR) is 99.5 cm³/mol. The second-order valence-corrected chi connectivity index (χ2v) is 7.05. The van der Waals surface area contributed by atoms with Gasteiger partial charge >= 0.3 is 0 Å². The van der Waals surface area contributed by atoms with Gasteiger partial charge in [0.2, 0.25) is 0 Å². The van der Waals surface area contributed by atoms with Crippen molar-refractivity contribution in [3.8, 4) is 11.5 Å². The summed E-state index contributed by atoms with van der Waals surface area (Å²) >= 11 is 0. The van der Waals surface area contributed by atoms with Crippen LogP contribution in [0, 0.1) is 0 Å². The van der Waals surface area contributed by atoms with Gasteiger partial charge in [-0.25, -0.2) is 0 Å². The highest BCUT2D eigenvalue weighted by Crippen LogP contribution is 2.30. The third-order valence-electron chi connectivity index (χ3n) is 4.73. The first-order valence-electron chi connectivity index (χ1n) is 8.95. The maximum atomic E-state index is 6.10. The molecule has 3 nitrogen and oxygen atoms in total. The molecule has 1 saturated heterocycles. The number of benzene rings is 2. The van der Waals surface area contributed by atoms with Gasteiger partial charge in [0.05, 0.1) is 0 Å². The van der Waals surface area contributed by atoms with Crippen molar-refractivity contribution in [2.75, 3.05) is 13.1 Å². The Balaban J connectivity index is 1.63. The fourth-order valence-corrected chi connectivity index (χ4v) is 3.21. The number of likely N-dealkylation sites (tertiary alicyclic amines) is 1. The van der Waals surface area contributed by atoms with E-state index < -0.39 is 0 Å². The zero-order chi connectivity index (χ0) is 16.9. The molecule has 0 spiro atoms. The standard InChI is InChI=1S/C21H28N2O/c1-16(2)20-5-3-4-6-21(20)24-19-9-7-17(8-10-19)15-23-13-11-18(22)12-14-23/h3-10,16,18H,11-15,22H2,1-2H3. The molecule has 0 unspecified atom stereocenters. The number of para-hydroxylation sites is 1. The summed E-state index contributed by atoms with van der Waals surface area (Å²) < 4.78 is 6.10. The number of rotatable bonds is 5. The summed E-state index contributed by atoms with van der Waals surface area (Å²) in [6.45, 7) is 7.57. The van der Waals surface area contributed by atoms with E-state index in [-0.39, 0.29) is 0 Å². The average Bonchev–Trinajstić information content (AvgIpc) is 2.59. The van der Waals surface area contributed by atoms with Crippen LogP contribution < -0.4 is 10.5 Å². The molecule has 1 aliphatic heterocycles. The molecule has 1 heterocycles. The van der Waals surface area contributed by atoms with E-state index in [1.54, 1.807) is 0 Å². The van der Waals surface area contributed by atoms with E-state index >= 15 is 0 Å². The normalized spacial score (nSPS) is 16.5. The molecule has 0 aliphatic carbocycles. The first kappa shape index (κ1) is 17.0. The number of nitrogens with two attached hydrogens (primary N) is 1. The van der Waals surface area contributed by atoms with Crippen molar-refractivity contribution >= 4 is 0 Å². The maximum Gasteiger partial charge on any atom is 0.130 e. The molecule has 0 radical (unpaired) electrons. The summed E-state index contributed by atoms with van der Waals surface area (Å²) in [6, 6.07) is 17.1. The molecule has 2 aromatic carbocycles. The molecule has 128 valence electrons. The van der Waals surface area contributed by atoms with E-state index in [2.05, 4.69) is 55.1 Å². The molecular formula is C21H28N2O. The summed E-state index contributed by atoms with van der Waals surface area (Å²) in [7, 11) is 0. The molecule has 3 heteroatoms. The Morgan fingerprint density at radius 1 is 1.04 bits per heavy atom. The Bertz CT molecular complexity index is 643. The summed E-state index contributed by atoms with van der Waals surface area (Å²) in [4.78, 5) is 2.48. The zero-order valence-corrected chi connectivity index (χ0v) is 14.7. The van der Waals surface area contributed by atoms with Crippen LogP contribution in [0.4, 0.5) is 0 Å². The molecule has 0 bridgehead atoms. The number of hydrogen-bond acceptors (Lipinski definition) is 3. The second kappa shape index (κ2) is 7.82. The Morgan fingerprint density at radius 3 is 2.38 bits per heavy atom. The molecule has 3 rings (SSSR count). The molecule has 0 aromatic heterocycles. The zero-order valence-electron chi connectivity index (χ0n) is 14.7. The number of nitrogens with zero attached hydrogens (tertiary/aromatic N) is 1. The lowest BCUT2D eigenvalue weighted by Crippen LogP contribution is -2.39. The van der Waals surface area contributed by atoms with Gasteiger partial charge in [0.25, 0.3) is 0 Å². The van der Waals surface area contributed by atoms with Gasteiger partial charge in [-0.3, -0.25) is 4.90 Å². The maximum absolute atomic E-state index is 6.10. The van der Waals surface area contributed by atoms with Crippen molar-refractivity contribution in [3.05, 3.63) is 59.7 Å². The molecule has 1 fully saturated rings. The van der Waals surface area contributed by atoms with Crippen molar-refractivity contribution in [2.45, 2.75) is 45.2 Å². The van der Waals surface area contributed by atoms with Gasteiger partial charge in [0.1, 0.15) is 11.5 Å². The minimum atomic E-state index is 0.387. The first-order chi connectivity index (χ1) is 11.6. The van der Waals surface area contributed by atoms with Crippen molar-refractivity contribution in [2.24, 2.45) is 5.73 Å². The highest BCUT2D eigenvalue weighted by molar-refractivity contribution is 5.40. The lowest BCUT2D eigenvalue weighted by Gasteiger charge is -2.30. The molecule has 2 aromatic rings. The summed E-state index contributed by atoms with van der Waals surface area (Å²) in [5, 5.41) is 0. The van der Waals surface area contributed by atoms with Crippen LogP contribution in [0.3, 0.4) is 0 Å². The molecule has 0 saturated carbocycles. The fraction of sp³-hybridized carbons (Fsp3) is 0.429. The van der Waals surface area contributed by atoms with Gasteiger partial charge in [-0.1, -0.05) is 44.2 Å². The number of ether oxygens (including phenoxy) is 1. The third kappa shape index (κ3) is 4.37. The van der Waals surface area contributed by atoms with E-state index in [4.69, 9.17) is 10.5 Å².